The third kappa shape index (κ3) is 4.90. The van der Waals surface area contributed by atoms with Crippen molar-refractivity contribution in [2.75, 3.05) is 25.1 Å². The minimum atomic E-state index is -0.600. The number of halogens is 1. The van der Waals surface area contributed by atoms with Gasteiger partial charge >= 0.3 is 0 Å². The molecule has 3 rings (SSSR count). The summed E-state index contributed by atoms with van der Waals surface area (Å²) in [7, 11) is 1.88. The molecule has 1 aromatic carbocycles. The van der Waals surface area contributed by atoms with E-state index in [4.69, 9.17) is 16.3 Å². The Hall–Kier alpha value is -1.69. The topological polar surface area (TPSA) is 58.5 Å². The zero-order valence-electron chi connectivity index (χ0n) is 13.7. The molecule has 0 bridgehead atoms. The van der Waals surface area contributed by atoms with Crippen LogP contribution < -0.4 is 4.90 Å². The van der Waals surface area contributed by atoms with Gasteiger partial charge in [0.25, 0.3) is 0 Å². The highest BCUT2D eigenvalue weighted by Gasteiger charge is 2.27. The molecule has 0 radical (unpaired) electrons. The van der Waals surface area contributed by atoms with Gasteiger partial charge in [-0.1, -0.05) is 41.9 Å². The lowest BCUT2D eigenvalue weighted by Crippen LogP contribution is -2.32. The highest BCUT2D eigenvalue weighted by Crippen LogP contribution is 2.39. The van der Waals surface area contributed by atoms with Crippen molar-refractivity contribution in [2.45, 2.75) is 31.5 Å². The predicted molar refractivity (Wildman–Crippen MR) is 94.4 cm³/mol. The number of hydrogen-bond donors (Lipinski definition) is 1. The van der Waals surface area contributed by atoms with E-state index < -0.39 is 6.10 Å². The summed E-state index contributed by atoms with van der Waals surface area (Å²) >= 11 is 6.09. The molecule has 0 aliphatic heterocycles. The minimum Gasteiger partial charge on any atom is -0.389 e. The van der Waals surface area contributed by atoms with E-state index in [1.165, 1.54) is 0 Å². The first kappa shape index (κ1) is 17.1. The molecule has 1 N–H and O–H groups in total. The molecule has 6 heteroatoms. The Labute approximate surface area is 147 Å². The van der Waals surface area contributed by atoms with E-state index in [2.05, 4.69) is 9.97 Å². The first-order valence-electron chi connectivity index (χ1n) is 8.17. The summed E-state index contributed by atoms with van der Waals surface area (Å²) < 4.78 is 5.58. The van der Waals surface area contributed by atoms with Crippen LogP contribution in [0.5, 0.6) is 0 Å². The zero-order valence-corrected chi connectivity index (χ0v) is 14.5. The van der Waals surface area contributed by atoms with E-state index in [1.54, 1.807) is 6.07 Å². The normalized spacial score (nSPS) is 15.3. The van der Waals surface area contributed by atoms with Crippen molar-refractivity contribution in [3.63, 3.8) is 0 Å². The van der Waals surface area contributed by atoms with Gasteiger partial charge in [-0.05, 0) is 18.4 Å². The van der Waals surface area contributed by atoms with E-state index in [1.807, 2.05) is 42.3 Å². The lowest BCUT2D eigenvalue weighted by atomic mass is 10.2. The lowest BCUT2D eigenvalue weighted by molar-refractivity contribution is 0.0324. The molecular weight excluding hydrogens is 326 g/mol. The first-order chi connectivity index (χ1) is 11.6. The summed E-state index contributed by atoms with van der Waals surface area (Å²) in [5, 5.41) is 10.6. The van der Waals surface area contributed by atoms with Crippen LogP contribution in [-0.4, -0.2) is 41.4 Å². The molecule has 1 saturated carbocycles. The van der Waals surface area contributed by atoms with Gasteiger partial charge in [-0.2, -0.15) is 0 Å². The number of aromatic nitrogens is 2. The minimum absolute atomic E-state index is 0.271. The second kappa shape index (κ2) is 7.92. The number of aliphatic hydroxyl groups is 1. The van der Waals surface area contributed by atoms with Gasteiger partial charge in [0, 0.05) is 25.6 Å². The van der Waals surface area contributed by atoms with Crippen LogP contribution in [0.3, 0.4) is 0 Å². The Morgan fingerprint density at radius 1 is 1.29 bits per heavy atom. The molecule has 1 unspecified atom stereocenters. The van der Waals surface area contributed by atoms with Crippen molar-refractivity contribution in [1.29, 1.82) is 0 Å². The molecule has 1 atom stereocenters. The summed E-state index contributed by atoms with van der Waals surface area (Å²) in [4.78, 5) is 10.7. The van der Waals surface area contributed by atoms with Crippen molar-refractivity contribution in [3.05, 3.63) is 52.9 Å². The van der Waals surface area contributed by atoms with Crippen molar-refractivity contribution in [1.82, 2.24) is 9.97 Å². The van der Waals surface area contributed by atoms with Gasteiger partial charge in [-0.25, -0.2) is 9.97 Å². The fraction of sp³-hybridized carbons (Fsp3) is 0.444. The first-order valence-corrected chi connectivity index (χ1v) is 8.55. The molecule has 24 heavy (non-hydrogen) atoms. The Morgan fingerprint density at radius 2 is 2.04 bits per heavy atom. The number of rotatable bonds is 8. The van der Waals surface area contributed by atoms with Crippen molar-refractivity contribution in [3.8, 4) is 0 Å². The van der Waals surface area contributed by atoms with Crippen molar-refractivity contribution >= 4 is 17.4 Å². The monoisotopic (exact) mass is 347 g/mol. The fourth-order valence-corrected chi connectivity index (χ4v) is 2.68. The largest absolute Gasteiger partial charge is 0.389 e. The van der Waals surface area contributed by atoms with Gasteiger partial charge in [-0.3, -0.25) is 0 Å². The van der Waals surface area contributed by atoms with Gasteiger partial charge in [0.15, 0.2) is 0 Å². The van der Waals surface area contributed by atoms with Gasteiger partial charge in [-0.15, -0.1) is 0 Å². The summed E-state index contributed by atoms with van der Waals surface area (Å²) in [6.45, 7) is 1.19. The lowest BCUT2D eigenvalue weighted by Gasteiger charge is -2.22. The molecule has 1 heterocycles. The van der Waals surface area contributed by atoms with Gasteiger partial charge in [0.2, 0.25) is 0 Å². The summed E-state index contributed by atoms with van der Waals surface area (Å²) in [6.07, 6.45) is 1.65. The van der Waals surface area contributed by atoms with E-state index in [9.17, 15) is 5.11 Å². The third-order valence-electron chi connectivity index (χ3n) is 3.94. The van der Waals surface area contributed by atoms with Crippen LogP contribution in [-0.2, 0) is 11.3 Å². The fourth-order valence-electron chi connectivity index (χ4n) is 2.49. The number of nitrogens with zero attached hydrogens (tertiary/aromatic N) is 3. The van der Waals surface area contributed by atoms with Crippen LogP contribution in [0, 0.1) is 0 Å². The van der Waals surface area contributed by atoms with Crippen LogP contribution in [0.25, 0.3) is 0 Å². The Bertz CT molecular complexity index is 665. The molecule has 0 amide bonds. The number of anilines is 1. The standard InChI is InChI=1S/C18H22ClN3O2/c1-22(17-9-16(19)20-18(21-17)14-7-8-14)10-15(23)12-24-11-13-5-3-2-4-6-13/h2-6,9,14-15,23H,7-8,10-12H2,1H3. The maximum absolute atomic E-state index is 10.2. The molecule has 1 fully saturated rings. The number of aliphatic hydroxyl groups excluding tert-OH is 1. The number of likely N-dealkylation sites (N-methyl/N-ethyl adjacent to an activating group) is 1. The van der Waals surface area contributed by atoms with Crippen molar-refractivity contribution < 1.29 is 9.84 Å². The molecule has 1 aliphatic carbocycles. The summed E-state index contributed by atoms with van der Waals surface area (Å²) in [5.41, 5.74) is 1.09. The number of benzene rings is 1. The second-order valence-corrected chi connectivity index (χ2v) is 6.60. The van der Waals surface area contributed by atoms with E-state index in [0.717, 1.165) is 30.0 Å². The Morgan fingerprint density at radius 3 is 2.75 bits per heavy atom. The van der Waals surface area contributed by atoms with Crippen molar-refractivity contribution in [2.24, 2.45) is 0 Å². The average molecular weight is 348 g/mol. The molecule has 1 aliphatic rings. The second-order valence-electron chi connectivity index (χ2n) is 6.22. The predicted octanol–water partition coefficient (Wildman–Crippen LogP) is 3.02. The van der Waals surface area contributed by atoms with Crippen LogP contribution in [0.4, 0.5) is 5.82 Å². The van der Waals surface area contributed by atoms with Crippen LogP contribution >= 0.6 is 11.6 Å². The number of ether oxygens (including phenoxy) is 1. The zero-order chi connectivity index (χ0) is 16.9. The molecule has 5 nitrogen and oxygen atoms in total. The van der Waals surface area contributed by atoms with Gasteiger partial charge in [0.05, 0.1) is 19.3 Å². The van der Waals surface area contributed by atoms with E-state index in [0.29, 0.717) is 24.2 Å². The molecule has 0 spiro atoms. The maximum Gasteiger partial charge on any atom is 0.135 e. The van der Waals surface area contributed by atoms with Gasteiger partial charge < -0.3 is 14.7 Å². The van der Waals surface area contributed by atoms with Gasteiger partial charge in [0.1, 0.15) is 16.8 Å². The smallest absolute Gasteiger partial charge is 0.135 e. The SMILES string of the molecule is CN(CC(O)COCc1ccccc1)c1cc(Cl)nc(C2CC2)n1. The Kier molecular flexibility index (Phi) is 5.66. The highest BCUT2D eigenvalue weighted by atomic mass is 35.5. The molecule has 0 saturated heterocycles. The molecule has 1 aromatic heterocycles. The third-order valence-corrected chi connectivity index (χ3v) is 4.13. The van der Waals surface area contributed by atoms with Crippen LogP contribution in [0.2, 0.25) is 5.15 Å². The number of hydrogen-bond acceptors (Lipinski definition) is 5. The van der Waals surface area contributed by atoms with Crippen LogP contribution in [0.15, 0.2) is 36.4 Å². The molecular formula is C18H22ClN3O2. The van der Waals surface area contributed by atoms with Crippen LogP contribution in [0.1, 0.15) is 30.1 Å². The average Bonchev–Trinajstić information content (AvgIpc) is 3.40. The van der Waals surface area contributed by atoms with E-state index in [-0.39, 0.29) is 6.61 Å². The summed E-state index contributed by atoms with van der Waals surface area (Å²) in [5.74, 6) is 1.98. The highest BCUT2D eigenvalue weighted by molar-refractivity contribution is 6.29. The Balaban J connectivity index is 1.49. The van der Waals surface area contributed by atoms with E-state index >= 15 is 0 Å². The molecule has 2 aromatic rings. The quantitative estimate of drug-likeness (QED) is 0.744. The molecule has 128 valence electrons. The summed E-state index contributed by atoms with van der Waals surface area (Å²) in [6, 6.07) is 11.6. The maximum atomic E-state index is 10.2.